The van der Waals surface area contributed by atoms with Crippen LogP contribution in [-0.2, 0) is 0 Å². The Morgan fingerprint density at radius 3 is 1.46 bits per heavy atom. The molecule has 244 valence electrons. The molecule has 0 unspecified atom stereocenters. The lowest BCUT2D eigenvalue weighted by Crippen LogP contribution is -2.10. The molecule has 0 spiro atoms. The molecule has 3 heteroatoms. The SMILES string of the molecule is c1ccc(-c2ccc(N(c3ccc(-c4ccccc4)cc3)c3cc4ccc5ccc6nc(-c7ccccc7)oc6c5c4c4ccccc34)cc2)cc1. The van der Waals surface area contributed by atoms with E-state index in [1.165, 1.54) is 22.3 Å². The Balaban J connectivity index is 1.20. The highest BCUT2D eigenvalue weighted by molar-refractivity contribution is 6.28. The Kier molecular flexibility index (Phi) is 7.14. The maximum absolute atomic E-state index is 6.61. The quantitative estimate of drug-likeness (QED) is 0.166. The van der Waals surface area contributed by atoms with Gasteiger partial charge in [0.2, 0.25) is 5.89 Å². The minimum absolute atomic E-state index is 0.630. The third-order valence-corrected chi connectivity index (χ3v) is 10.1. The summed E-state index contributed by atoms with van der Waals surface area (Å²) in [6.07, 6.45) is 0. The van der Waals surface area contributed by atoms with E-state index in [2.05, 4.69) is 169 Å². The molecule has 3 nitrogen and oxygen atoms in total. The molecule has 1 aromatic heterocycles. The average Bonchev–Trinajstić information content (AvgIpc) is 3.67. The summed E-state index contributed by atoms with van der Waals surface area (Å²) < 4.78 is 6.61. The Morgan fingerprint density at radius 2 is 0.865 bits per heavy atom. The number of aromatic nitrogens is 1. The van der Waals surface area contributed by atoms with Gasteiger partial charge in [-0.15, -0.1) is 0 Å². The second-order valence-corrected chi connectivity index (χ2v) is 13.2. The maximum atomic E-state index is 6.61. The first-order valence-corrected chi connectivity index (χ1v) is 17.6. The van der Waals surface area contributed by atoms with Gasteiger partial charge in [0.05, 0.1) is 5.69 Å². The number of rotatable bonds is 6. The molecule has 52 heavy (non-hydrogen) atoms. The zero-order valence-electron chi connectivity index (χ0n) is 28.3. The summed E-state index contributed by atoms with van der Waals surface area (Å²) in [6, 6.07) is 68.8. The van der Waals surface area contributed by atoms with Gasteiger partial charge in [-0.2, -0.15) is 0 Å². The van der Waals surface area contributed by atoms with Gasteiger partial charge in [-0.05, 0) is 86.9 Å². The molecule has 0 aliphatic rings. The van der Waals surface area contributed by atoms with E-state index in [0.717, 1.165) is 66.0 Å². The van der Waals surface area contributed by atoms with Crippen LogP contribution in [0.25, 0.3) is 77.1 Å². The van der Waals surface area contributed by atoms with E-state index in [9.17, 15) is 0 Å². The molecule has 0 radical (unpaired) electrons. The Labute approximate surface area is 301 Å². The Morgan fingerprint density at radius 1 is 0.385 bits per heavy atom. The van der Waals surface area contributed by atoms with Crippen molar-refractivity contribution in [3.05, 3.63) is 194 Å². The molecular weight excluding hydrogens is 633 g/mol. The summed E-state index contributed by atoms with van der Waals surface area (Å²) in [4.78, 5) is 7.32. The summed E-state index contributed by atoms with van der Waals surface area (Å²) in [7, 11) is 0. The van der Waals surface area contributed by atoms with Gasteiger partial charge in [0, 0.05) is 33.1 Å². The third kappa shape index (κ3) is 5.10. The lowest BCUT2D eigenvalue weighted by atomic mass is 9.94. The fourth-order valence-electron chi connectivity index (χ4n) is 7.55. The average molecular weight is 665 g/mol. The fourth-order valence-corrected chi connectivity index (χ4v) is 7.55. The van der Waals surface area contributed by atoms with Gasteiger partial charge in [0.1, 0.15) is 5.52 Å². The molecule has 0 aliphatic carbocycles. The molecule has 9 aromatic carbocycles. The van der Waals surface area contributed by atoms with Crippen LogP contribution in [-0.4, -0.2) is 4.98 Å². The zero-order valence-corrected chi connectivity index (χ0v) is 28.3. The highest BCUT2D eigenvalue weighted by atomic mass is 16.3. The standard InChI is InChI=1S/C49H32N2O/c1-4-12-33(13-5-1)35-22-27-40(28-23-35)51(41-29-24-36(25-30-41)34-14-6-2-7-15-34)45-32-39-21-20-37-26-31-44-48(52-49(50-44)38-16-8-3-9-17-38)47(37)46(39)43-19-11-10-18-42(43)45/h1-32H. The molecule has 0 amide bonds. The van der Waals surface area contributed by atoms with Crippen molar-refractivity contribution < 1.29 is 4.42 Å². The molecule has 0 aliphatic heterocycles. The summed E-state index contributed by atoms with van der Waals surface area (Å²) in [5, 5.41) is 6.83. The Bertz CT molecular complexity index is 2780. The summed E-state index contributed by atoms with van der Waals surface area (Å²) >= 11 is 0. The van der Waals surface area contributed by atoms with Gasteiger partial charge in [0.25, 0.3) is 0 Å². The Hall–Kier alpha value is -6.97. The van der Waals surface area contributed by atoms with E-state index in [1.807, 2.05) is 30.3 Å². The van der Waals surface area contributed by atoms with Crippen molar-refractivity contribution in [3.63, 3.8) is 0 Å². The highest BCUT2D eigenvalue weighted by Gasteiger charge is 2.21. The van der Waals surface area contributed by atoms with Gasteiger partial charge < -0.3 is 9.32 Å². The number of fused-ring (bicyclic) bond motifs is 7. The van der Waals surface area contributed by atoms with E-state index < -0.39 is 0 Å². The molecule has 0 fully saturated rings. The zero-order chi connectivity index (χ0) is 34.4. The molecule has 0 saturated carbocycles. The number of hydrogen-bond acceptors (Lipinski definition) is 3. The third-order valence-electron chi connectivity index (χ3n) is 10.1. The van der Waals surface area contributed by atoms with E-state index in [4.69, 9.17) is 9.40 Å². The second kappa shape index (κ2) is 12.4. The van der Waals surface area contributed by atoms with Crippen LogP contribution in [0.4, 0.5) is 17.1 Å². The summed E-state index contributed by atoms with van der Waals surface area (Å²) in [5.41, 5.74) is 10.7. The van der Waals surface area contributed by atoms with Gasteiger partial charge in [0.15, 0.2) is 5.58 Å². The van der Waals surface area contributed by atoms with Crippen molar-refractivity contribution in [2.24, 2.45) is 0 Å². The van der Waals surface area contributed by atoms with Gasteiger partial charge >= 0.3 is 0 Å². The monoisotopic (exact) mass is 664 g/mol. The molecule has 10 aromatic rings. The number of benzene rings is 9. The summed E-state index contributed by atoms with van der Waals surface area (Å²) in [5.74, 6) is 0.630. The van der Waals surface area contributed by atoms with Gasteiger partial charge in [-0.1, -0.05) is 146 Å². The molecule has 0 atom stereocenters. The van der Waals surface area contributed by atoms with Crippen molar-refractivity contribution in [3.8, 4) is 33.7 Å². The van der Waals surface area contributed by atoms with Crippen LogP contribution in [0.3, 0.4) is 0 Å². The van der Waals surface area contributed by atoms with Gasteiger partial charge in [-0.3, -0.25) is 0 Å². The van der Waals surface area contributed by atoms with Crippen LogP contribution >= 0.6 is 0 Å². The molecule has 0 N–H and O–H groups in total. The van der Waals surface area contributed by atoms with Crippen molar-refractivity contribution >= 4 is 60.5 Å². The van der Waals surface area contributed by atoms with Crippen LogP contribution in [0, 0.1) is 0 Å². The smallest absolute Gasteiger partial charge is 0.227 e. The minimum atomic E-state index is 0.630. The minimum Gasteiger partial charge on any atom is -0.435 e. The van der Waals surface area contributed by atoms with Crippen LogP contribution < -0.4 is 4.90 Å². The lowest BCUT2D eigenvalue weighted by molar-refractivity contribution is 0.623. The number of nitrogens with zero attached hydrogens (tertiary/aromatic N) is 2. The van der Waals surface area contributed by atoms with Crippen LogP contribution in [0.1, 0.15) is 0 Å². The molecular formula is C49H32N2O. The fraction of sp³-hybridized carbons (Fsp3) is 0. The van der Waals surface area contributed by atoms with Crippen molar-refractivity contribution in [1.29, 1.82) is 0 Å². The van der Waals surface area contributed by atoms with E-state index in [0.29, 0.717) is 5.89 Å². The molecule has 0 saturated heterocycles. The van der Waals surface area contributed by atoms with Gasteiger partial charge in [-0.25, -0.2) is 4.98 Å². The predicted octanol–water partition coefficient (Wildman–Crippen LogP) is 13.8. The number of oxazole rings is 1. The van der Waals surface area contributed by atoms with Crippen LogP contribution in [0.5, 0.6) is 0 Å². The molecule has 0 bridgehead atoms. The maximum Gasteiger partial charge on any atom is 0.227 e. The van der Waals surface area contributed by atoms with E-state index >= 15 is 0 Å². The largest absolute Gasteiger partial charge is 0.435 e. The van der Waals surface area contributed by atoms with Crippen molar-refractivity contribution in [2.45, 2.75) is 0 Å². The predicted molar refractivity (Wildman–Crippen MR) is 218 cm³/mol. The van der Waals surface area contributed by atoms with Crippen LogP contribution in [0.2, 0.25) is 0 Å². The van der Waals surface area contributed by atoms with E-state index in [-0.39, 0.29) is 0 Å². The lowest BCUT2D eigenvalue weighted by Gasteiger charge is -2.28. The van der Waals surface area contributed by atoms with Crippen molar-refractivity contribution in [1.82, 2.24) is 4.98 Å². The number of anilines is 3. The topological polar surface area (TPSA) is 29.3 Å². The normalized spacial score (nSPS) is 11.5. The van der Waals surface area contributed by atoms with Crippen LogP contribution in [0.15, 0.2) is 199 Å². The summed E-state index contributed by atoms with van der Waals surface area (Å²) in [6.45, 7) is 0. The van der Waals surface area contributed by atoms with E-state index in [1.54, 1.807) is 0 Å². The first-order chi connectivity index (χ1) is 25.8. The second-order valence-electron chi connectivity index (χ2n) is 13.2. The number of hydrogen-bond donors (Lipinski definition) is 0. The molecule has 10 rings (SSSR count). The first-order valence-electron chi connectivity index (χ1n) is 17.6. The molecule has 1 heterocycles. The first kappa shape index (κ1) is 29.9. The van der Waals surface area contributed by atoms with Crippen molar-refractivity contribution in [2.75, 3.05) is 4.90 Å². The highest BCUT2D eigenvalue weighted by Crippen LogP contribution is 2.45.